The van der Waals surface area contributed by atoms with Crippen molar-refractivity contribution in [1.82, 2.24) is 0 Å². The molecule has 1 unspecified atom stereocenters. The van der Waals surface area contributed by atoms with Gasteiger partial charge in [-0.25, -0.2) is 0 Å². The van der Waals surface area contributed by atoms with E-state index >= 15 is 0 Å². The van der Waals surface area contributed by atoms with Crippen molar-refractivity contribution >= 4 is 0 Å². The van der Waals surface area contributed by atoms with E-state index in [-0.39, 0.29) is 0 Å². The molecule has 0 aromatic heterocycles. The first-order valence-electron chi connectivity index (χ1n) is 5.65. The maximum atomic E-state index is 5.86. The van der Waals surface area contributed by atoms with Gasteiger partial charge in [0.05, 0.1) is 6.61 Å². The molecule has 3 rings (SSSR count). The summed E-state index contributed by atoms with van der Waals surface area (Å²) in [5.41, 5.74) is 3.20. The third kappa shape index (κ3) is 1.23. The van der Waals surface area contributed by atoms with Crippen LogP contribution in [0.2, 0.25) is 0 Å². The van der Waals surface area contributed by atoms with Gasteiger partial charge in [0.2, 0.25) is 0 Å². The molecule has 0 bridgehead atoms. The van der Waals surface area contributed by atoms with Crippen molar-refractivity contribution in [3.8, 4) is 0 Å². The van der Waals surface area contributed by atoms with Crippen LogP contribution in [0.5, 0.6) is 0 Å². The van der Waals surface area contributed by atoms with E-state index in [4.69, 9.17) is 4.74 Å². The van der Waals surface area contributed by atoms with Crippen LogP contribution in [0.3, 0.4) is 0 Å². The zero-order valence-electron chi connectivity index (χ0n) is 8.46. The van der Waals surface area contributed by atoms with Crippen LogP contribution >= 0.6 is 0 Å². The van der Waals surface area contributed by atoms with Gasteiger partial charge in [0.25, 0.3) is 0 Å². The molecule has 74 valence electrons. The zero-order chi connectivity index (χ0) is 9.38. The Balaban J connectivity index is 1.97. The molecule has 0 aromatic carbocycles. The summed E-state index contributed by atoms with van der Waals surface area (Å²) in [5, 5.41) is 0. The van der Waals surface area contributed by atoms with Crippen LogP contribution in [0.1, 0.15) is 32.1 Å². The third-order valence-corrected chi connectivity index (χ3v) is 3.53. The average Bonchev–Trinajstić information content (AvgIpc) is 2.29. The highest BCUT2D eigenvalue weighted by Gasteiger charge is 2.29. The lowest BCUT2D eigenvalue weighted by Gasteiger charge is -2.34. The third-order valence-electron chi connectivity index (χ3n) is 3.53. The molecule has 1 heterocycles. The normalized spacial score (nSPS) is 30.3. The summed E-state index contributed by atoms with van der Waals surface area (Å²) in [4.78, 5) is 0. The molecule has 0 amide bonds. The van der Waals surface area contributed by atoms with E-state index in [9.17, 15) is 0 Å². The van der Waals surface area contributed by atoms with Crippen LogP contribution in [-0.4, -0.2) is 6.61 Å². The smallest absolute Gasteiger partial charge is 0.103 e. The number of fused-ring (bicyclic) bond motifs is 2. The molecule has 1 aliphatic heterocycles. The quantitative estimate of drug-likeness (QED) is 0.566. The summed E-state index contributed by atoms with van der Waals surface area (Å²) < 4.78 is 5.86. The minimum absolute atomic E-state index is 0.601. The minimum atomic E-state index is 0.601. The van der Waals surface area contributed by atoms with E-state index in [0.717, 1.165) is 13.0 Å². The van der Waals surface area contributed by atoms with Gasteiger partial charge in [0, 0.05) is 5.92 Å². The predicted octanol–water partition coefficient (Wildman–Crippen LogP) is 3.35. The lowest BCUT2D eigenvalue weighted by molar-refractivity contribution is 0.153. The topological polar surface area (TPSA) is 9.23 Å². The van der Waals surface area contributed by atoms with Gasteiger partial charge in [-0.3, -0.25) is 0 Å². The highest BCUT2D eigenvalue weighted by molar-refractivity contribution is 5.34. The average molecular weight is 188 g/mol. The van der Waals surface area contributed by atoms with Crippen molar-refractivity contribution in [2.45, 2.75) is 32.1 Å². The van der Waals surface area contributed by atoms with Gasteiger partial charge in [-0.1, -0.05) is 23.8 Å². The van der Waals surface area contributed by atoms with Crippen molar-refractivity contribution < 1.29 is 4.74 Å². The van der Waals surface area contributed by atoms with Crippen LogP contribution in [0, 0.1) is 5.92 Å². The molecule has 14 heavy (non-hydrogen) atoms. The van der Waals surface area contributed by atoms with E-state index in [1.165, 1.54) is 31.4 Å². The maximum absolute atomic E-state index is 5.86. The molecule has 1 atom stereocenters. The Kier molecular flexibility index (Phi) is 1.97. The van der Waals surface area contributed by atoms with E-state index in [1.54, 1.807) is 11.1 Å². The standard InChI is InChI=1S/C13H16O/c1-2-6-12-10(4-1)7-8-11-5-3-9-14-13(11)12/h1-2,4,12H,3,5-9H2. The van der Waals surface area contributed by atoms with Crippen LogP contribution in [0.4, 0.5) is 0 Å². The number of allylic oxidation sites excluding steroid dienone is 5. The summed E-state index contributed by atoms with van der Waals surface area (Å²) in [5.74, 6) is 1.93. The number of ether oxygens (including phenoxy) is 1. The molecule has 1 nitrogen and oxygen atoms in total. The Hall–Kier alpha value is -0.980. The first kappa shape index (κ1) is 8.34. The van der Waals surface area contributed by atoms with E-state index in [0.29, 0.717) is 5.92 Å². The van der Waals surface area contributed by atoms with Gasteiger partial charge in [-0.05, 0) is 37.7 Å². The fourth-order valence-electron chi connectivity index (χ4n) is 2.79. The summed E-state index contributed by atoms with van der Waals surface area (Å²) in [6.07, 6.45) is 12.9. The van der Waals surface area contributed by atoms with Crippen molar-refractivity contribution in [2.24, 2.45) is 5.92 Å². The summed E-state index contributed by atoms with van der Waals surface area (Å²) in [6.45, 7) is 0.937. The highest BCUT2D eigenvalue weighted by Crippen LogP contribution is 2.42. The molecule has 1 heteroatoms. The van der Waals surface area contributed by atoms with Crippen molar-refractivity contribution in [3.05, 3.63) is 35.1 Å². The lowest BCUT2D eigenvalue weighted by atomic mass is 9.78. The largest absolute Gasteiger partial charge is 0.497 e. The molecule has 0 spiro atoms. The predicted molar refractivity (Wildman–Crippen MR) is 56.8 cm³/mol. The highest BCUT2D eigenvalue weighted by atomic mass is 16.5. The van der Waals surface area contributed by atoms with E-state index in [1.807, 2.05) is 0 Å². The van der Waals surface area contributed by atoms with Gasteiger partial charge in [0.15, 0.2) is 0 Å². The van der Waals surface area contributed by atoms with Gasteiger partial charge in [0.1, 0.15) is 5.76 Å². The Morgan fingerprint density at radius 1 is 1.21 bits per heavy atom. The van der Waals surface area contributed by atoms with Gasteiger partial charge in [-0.15, -0.1) is 0 Å². The molecule has 3 aliphatic rings. The second kappa shape index (κ2) is 3.30. The van der Waals surface area contributed by atoms with Crippen LogP contribution < -0.4 is 0 Å². The molecule has 0 saturated heterocycles. The SMILES string of the molecule is C1=CCC2C(=C1)CCC1=C2OCCC1. The monoisotopic (exact) mass is 188 g/mol. The van der Waals surface area contributed by atoms with E-state index < -0.39 is 0 Å². The van der Waals surface area contributed by atoms with Gasteiger partial charge < -0.3 is 4.74 Å². The minimum Gasteiger partial charge on any atom is -0.497 e. The summed E-state index contributed by atoms with van der Waals surface area (Å²) in [6, 6.07) is 0. The second-order valence-corrected chi connectivity index (χ2v) is 4.38. The Morgan fingerprint density at radius 3 is 3.21 bits per heavy atom. The Morgan fingerprint density at radius 2 is 2.21 bits per heavy atom. The van der Waals surface area contributed by atoms with Gasteiger partial charge in [-0.2, -0.15) is 0 Å². The van der Waals surface area contributed by atoms with Gasteiger partial charge >= 0.3 is 0 Å². The molecule has 0 N–H and O–H groups in total. The van der Waals surface area contributed by atoms with Crippen molar-refractivity contribution in [1.29, 1.82) is 0 Å². The number of rotatable bonds is 0. The summed E-state index contributed by atoms with van der Waals surface area (Å²) >= 11 is 0. The first-order valence-corrected chi connectivity index (χ1v) is 5.65. The first-order chi connectivity index (χ1) is 6.95. The van der Waals surface area contributed by atoms with Crippen LogP contribution in [0.15, 0.2) is 35.1 Å². The molecule has 0 radical (unpaired) electrons. The molecule has 2 aliphatic carbocycles. The molecule has 0 aromatic rings. The van der Waals surface area contributed by atoms with E-state index in [2.05, 4.69) is 18.2 Å². The fraction of sp³-hybridized carbons (Fsp3) is 0.538. The maximum Gasteiger partial charge on any atom is 0.103 e. The summed E-state index contributed by atoms with van der Waals surface area (Å²) in [7, 11) is 0. The zero-order valence-corrected chi connectivity index (χ0v) is 8.46. The van der Waals surface area contributed by atoms with Crippen LogP contribution in [0.25, 0.3) is 0 Å². The molecule has 0 fully saturated rings. The molecular weight excluding hydrogens is 172 g/mol. The fourth-order valence-corrected chi connectivity index (χ4v) is 2.79. The van der Waals surface area contributed by atoms with Crippen LogP contribution in [-0.2, 0) is 4.74 Å². The molecular formula is C13H16O. The molecule has 0 saturated carbocycles. The van der Waals surface area contributed by atoms with Crippen molar-refractivity contribution in [3.63, 3.8) is 0 Å². The number of hydrogen-bond donors (Lipinski definition) is 0. The lowest BCUT2D eigenvalue weighted by Crippen LogP contribution is -2.21. The second-order valence-electron chi connectivity index (χ2n) is 4.38. The van der Waals surface area contributed by atoms with Crippen molar-refractivity contribution in [2.75, 3.05) is 6.61 Å². The Labute approximate surface area is 85.1 Å². The number of hydrogen-bond acceptors (Lipinski definition) is 1. The Bertz CT molecular complexity index is 333.